The summed E-state index contributed by atoms with van der Waals surface area (Å²) in [5, 5.41) is 2.76. The molecule has 0 aromatic heterocycles. The molecule has 3 aromatic rings. The molecule has 0 aliphatic heterocycles. The van der Waals surface area contributed by atoms with Gasteiger partial charge in [0.05, 0.1) is 0 Å². The van der Waals surface area contributed by atoms with Crippen LogP contribution in [0.5, 0.6) is 0 Å². The zero-order chi connectivity index (χ0) is 19.1. The average molecular weight is 376 g/mol. The molecule has 0 spiro atoms. The molecule has 3 N–H and O–H groups in total. The number of carbonyl (C=O) groups excluding carboxylic acids is 1. The highest BCUT2D eigenvalue weighted by Crippen LogP contribution is 2.24. The van der Waals surface area contributed by atoms with E-state index in [2.05, 4.69) is 5.32 Å². The molecular formula is C22H20N2O2S. The molecule has 0 heterocycles. The summed E-state index contributed by atoms with van der Waals surface area (Å²) >= 11 is 5.12. The summed E-state index contributed by atoms with van der Waals surface area (Å²) in [7, 11) is 0. The van der Waals surface area contributed by atoms with Crippen LogP contribution >= 0.6 is 12.2 Å². The number of thiocarbonyl (C=S) groups is 1. The molecule has 0 radical (unpaired) electrons. The number of amides is 1. The molecule has 0 saturated carbocycles. The highest BCUT2D eigenvalue weighted by atomic mass is 32.1. The average Bonchev–Trinajstić information content (AvgIpc) is 2.72. The highest BCUT2D eigenvalue weighted by Gasteiger charge is 2.07. The van der Waals surface area contributed by atoms with Crippen molar-refractivity contribution in [1.82, 2.24) is 5.32 Å². The topological polar surface area (TPSA) is 64.3 Å². The minimum absolute atomic E-state index is 0.251. The molecule has 3 rings (SSSR count). The maximum absolute atomic E-state index is 11.8. The first-order valence-electron chi connectivity index (χ1n) is 8.56. The summed E-state index contributed by atoms with van der Waals surface area (Å²) < 4.78 is 5.21. The Morgan fingerprint density at radius 1 is 0.889 bits per heavy atom. The van der Waals surface area contributed by atoms with E-state index < -0.39 is 6.09 Å². The fraction of sp³-hybridized carbons (Fsp3) is 0.0909. The Hall–Kier alpha value is -3.18. The standard InChI is InChI=1S/C22H20N2O2S/c23-21(27)20-9-5-4-8-19(20)18-12-10-16(11-13-18)14-24-22(25)26-15-17-6-2-1-3-7-17/h1-13H,14-15H2,(H2,23,27)(H,24,25). The molecule has 0 aliphatic carbocycles. The zero-order valence-corrected chi connectivity index (χ0v) is 15.5. The van der Waals surface area contributed by atoms with Crippen molar-refractivity contribution < 1.29 is 9.53 Å². The number of hydrogen-bond acceptors (Lipinski definition) is 3. The second-order valence-corrected chi connectivity index (χ2v) is 6.46. The number of alkyl carbamates (subject to hydrolysis) is 1. The Bertz CT molecular complexity index is 925. The van der Waals surface area contributed by atoms with Crippen LogP contribution in [0.15, 0.2) is 78.9 Å². The van der Waals surface area contributed by atoms with Gasteiger partial charge in [0.2, 0.25) is 0 Å². The summed E-state index contributed by atoms with van der Waals surface area (Å²) in [6.45, 7) is 0.645. The molecule has 136 valence electrons. The molecule has 0 saturated heterocycles. The molecule has 0 bridgehead atoms. The maximum atomic E-state index is 11.8. The molecule has 0 atom stereocenters. The van der Waals surface area contributed by atoms with E-state index in [1.165, 1.54) is 0 Å². The second-order valence-electron chi connectivity index (χ2n) is 6.02. The van der Waals surface area contributed by atoms with Crippen molar-refractivity contribution in [3.05, 3.63) is 95.6 Å². The van der Waals surface area contributed by atoms with Gasteiger partial charge in [0.15, 0.2) is 0 Å². The van der Waals surface area contributed by atoms with Crippen molar-refractivity contribution in [3.63, 3.8) is 0 Å². The van der Waals surface area contributed by atoms with Gasteiger partial charge in [-0.05, 0) is 22.3 Å². The van der Waals surface area contributed by atoms with Crippen LogP contribution in [0, 0.1) is 0 Å². The van der Waals surface area contributed by atoms with E-state index in [1.807, 2.05) is 78.9 Å². The summed E-state index contributed by atoms with van der Waals surface area (Å²) in [5.74, 6) is 0. The summed E-state index contributed by atoms with van der Waals surface area (Å²) in [5.41, 5.74) is 10.6. The SMILES string of the molecule is NC(=S)c1ccccc1-c1ccc(CNC(=O)OCc2ccccc2)cc1. The van der Waals surface area contributed by atoms with Crippen LogP contribution in [-0.4, -0.2) is 11.1 Å². The van der Waals surface area contributed by atoms with Crippen molar-refractivity contribution in [2.24, 2.45) is 5.73 Å². The van der Waals surface area contributed by atoms with Gasteiger partial charge in [0.1, 0.15) is 11.6 Å². The fourth-order valence-corrected chi connectivity index (χ4v) is 2.88. The monoisotopic (exact) mass is 376 g/mol. The smallest absolute Gasteiger partial charge is 0.407 e. The highest BCUT2D eigenvalue weighted by molar-refractivity contribution is 7.80. The van der Waals surface area contributed by atoms with Crippen molar-refractivity contribution >= 4 is 23.3 Å². The molecule has 5 heteroatoms. The number of ether oxygens (including phenoxy) is 1. The summed E-state index contributed by atoms with van der Waals surface area (Å²) in [6, 6.07) is 25.2. The lowest BCUT2D eigenvalue weighted by Crippen LogP contribution is -2.23. The van der Waals surface area contributed by atoms with Gasteiger partial charge in [-0.25, -0.2) is 4.79 Å². The molecule has 3 aromatic carbocycles. The van der Waals surface area contributed by atoms with Crippen LogP contribution in [0.2, 0.25) is 0 Å². The minimum atomic E-state index is -0.443. The van der Waals surface area contributed by atoms with E-state index >= 15 is 0 Å². The van der Waals surface area contributed by atoms with Crippen molar-refractivity contribution in [2.45, 2.75) is 13.2 Å². The molecule has 0 fully saturated rings. The Labute approximate surface area is 164 Å². The number of benzene rings is 3. The minimum Gasteiger partial charge on any atom is -0.445 e. The second kappa shape index (κ2) is 8.96. The first-order valence-corrected chi connectivity index (χ1v) is 8.97. The van der Waals surface area contributed by atoms with Crippen LogP contribution in [0.25, 0.3) is 11.1 Å². The van der Waals surface area contributed by atoms with Crippen molar-refractivity contribution in [1.29, 1.82) is 0 Å². The maximum Gasteiger partial charge on any atom is 0.407 e. The van der Waals surface area contributed by atoms with Gasteiger partial charge in [-0.1, -0.05) is 91.1 Å². The third kappa shape index (κ3) is 5.15. The molecule has 1 amide bonds. The van der Waals surface area contributed by atoms with Gasteiger partial charge < -0.3 is 15.8 Å². The molecule has 0 unspecified atom stereocenters. The van der Waals surface area contributed by atoms with E-state index in [4.69, 9.17) is 22.7 Å². The molecule has 0 aliphatic rings. The van der Waals surface area contributed by atoms with Crippen LogP contribution in [0.4, 0.5) is 4.79 Å². The zero-order valence-electron chi connectivity index (χ0n) is 14.7. The molecule has 4 nitrogen and oxygen atoms in total. The van der Waals surface area contributed by atoms with E-state index in [-0.39, 0.29) is 6.61 Å². The van der Waals surface area contributed by atoms with E-state index in [1.54, 1.807) is 0 Å². The first-order chi connectivity index (χ1) is 13.1. The van der Waals surface area contributed by atoms with E-state index in [9.17, 15) is 4.79 Å². The predicted molar refractivity (Wildman–Crippen MR) is 111 cm³/mol. The number of nitrogens with two attached hydrogens (primary N) is 1. The molecular weight excluding hydrogens is 356 g/mol. The summed E-state index contributed by atoms with van der Waals surface area (Å²) in [4.78, 5) is 12.2. The lowest BCUT2D eigenvalue weighted by atomic mass is 9.98. The Kier molecular flexibility index (Phi) is 6.18. The third-order valence-electron chi connectivity index (χ3n) is 4.11. The lowest BCUT2D eigenvalue weighted by Gasteiger charge is -2.10. The summed E-state index contributed by atoms with van der Waals surface area (Å²) in [6.07, 6.45) is -0.443. The fourth-order valence-electron chi connectivity index (χ4n) is 2.70. The number of hydrogen-bond donors (Lipinski definition) is 2. The molecule has 27 heavy (non-hydrogen) atoms. The van der Waals surface area contributed by atoms with Crippen LogP contribution < -0.4 is 11.1 Å². The van der Waals surface area contributed by atoms with Gasteiger partial charge in [-0.3, -0.25) is 0 Å². The number of nitrogens with one attached hydrogen (secondary N) is 1. The van der Waals surface area contributed by atoms with Gasteiger partial charge in [0.25, 0.3) is 0 Å². The lowest BCUT2D eigenvalue weighted by molar-refractivity contribution is 0.139. The van der Waals surface area contributed by atoms with Crippen molar-refractivity contribution in [2.75, 3.05) is 0 Å². The van der Waals surface area contributed by atoms with Crippen LogP contribution in [-0.2, 0) is 17.9 Å². The van der Waals surface area contributed by atoms with Gasteiger partial charge in [0, 0.05) is 12.1 Å². The number of rotatable bonds is 6. The van der Waals surface area contributed by atoms with Gasteiger partial charge >= 0.3 is 6.09 Å². The van der Waals surface area contributed by atoms with Crippen molar-refractivity contribution in [3.8, 4) is 11.1 Å². The number of carbonyl (C=O) groups is 1. The van der Waals surface area contributed by atoms with E-state index in [0.717, 1.165) is 27.8 Å². The quantitative estimate of drug-likeness (QED) is 0.625. The Morgan fingerprint density at radius 3 is 2.26 bits per heavy atom. The van der Waals surface area contributed by atoms with Crippen LogP contribution in [0.1, 0.15) is 16.7 Å². The van der Waals surface area contributed by atoms with Gasteiger partial charge in [-0.2, -0.15) is 0 Å². The third-order valence-corrected chi connectivity index (χ3v) is 4.33. The van der Waals surface area contributed by atoms with Crippen LogP contribution in [0.3, 0.4) is 0 Å². The Balaban J connectivity index is 1.57. The van der Waals surface area contributed by atoms with Gasteiger partial charge in [-0.15, -0.1) is 0 Å². The first kappa shape index (κ1) is 18.6. The largest absolute Gasteiger partial charge is 0.445 e. The Morgan fingerprint density at radius 2 is 1.56 bits per heavy atom. The van der Waals surface area contributed by atoms with E-state index in [0.29, 0.717) is 11.5 Å². The predicted octanol–water partition coefficient (Wildman–Crippen LogP) is 4.41. The normalized spacial score (nSPS) is 10.2.